The van der Waals surface area contributed by atoms with Gasteiger partial charge < -0.3 is 14.6 Å². The van der Waals surface area contributed by atoms with E-state index in [1.807, 2.05) is 0 Å². The van der Waals surface area contributed by atoms with Crippen LogP contribution >= 0.6 is 11.6 Å². The topological polar surface area (TPSA) is 77.8 Å². The Balaban J connectivity index is 2.11. The molecule has 12 heteroatoms. The van der Waals surface area contributed by atoms with Crippen molar-refractivity contribution >= 4 is 17.6 Å². The second-order valence-corrected chi connectivity index (χ2v) is 8.09. The molecule has 0 saturated heterocycles. The van der Waals surface area contributed by atoms with Crippen LogP contribution in [-0.4, -0.2) is 41.1 Å². The highest BCUT2D eigenvalue weighted by molar-refractivity contribution is 6.30. The third-order valence-corrected chi connectivity index (χ3v) is 5.52. The van der Waals surface area contributed by atoms with Crippen molar-refractivity contribution in [3.8, 4) is 16.9 Å². The fourth-order valence-electron chi connectivity index (χ4n) is 3.68. The summed E-state index contributed by atoms with van der Waals surface area (Å²) in [5.74, 6) is -3.54. The van der Waals surface area contributed by atoms with Gasteiger partial charge in [-0.15, -0.1) is 0 Å². The fraction of sp³-hybridized carbons (Fsp3) is 0.429. The van der Waals surface area contributed by atoms with Gasteiger partial charge in [0, 0.05) is 23.1 Å². The molecular formula is C21H19ClF5NO5. The monoisotopic (exact) mass is 495 g/mol. The molecule has 0 aliphatic carbocycles. The predicted octanol–water partition coefficient (Wildman–Crippen LogP) is 4.93. The van der Waals surface area contributed by atoms with Crippen LogP contribution in [0.1, 0.15) is 24.9 Å². The summed E-state index contributed by atoms with van der Waals surface area (Å²) in [4.78, 5) is 24.6. The molecule has 1 aromatic heterocycles. The van der Waals surface area contributed by atoms with E-state index < -0.39 is 61.8 Å². The number of hydrogen-bond donors (Lipinski definition) is 1. The molecule has 33 heavy (non-hydrogen) atoms. The normalized spacial score (nSPS) is 17.9. The van der Waals surface area contributed by atoms with E-state index in [1.165, 1.54) is 25.1 Å². The van der Waals surface area contributed by atoms with E-state index in [0.29, 0.717) is 0 Å². The Morgan fingerprint density at radius 1 is 1.30 bits per heavy atom. The van der Waals surface area contributed by atoms with Crippen molar-refractivity contribution in [2.75, 3.05) is 6.61 Å². The maximum absolute atomic E-state index is 13.5. The molecule has 1 aliphatic rings. The minimum absolute atomic E-state index is 0.149. The minimum Gasteiger partial charge on any atom is -0.491 e. The lowest BCUT2D eigenvalue weighted by molar-refractivity contribution is -0.181. The molecule has 0 radical (unpaired) electrons. The van der Waals surface area contributed by atoms with Crippen LogP contribution in [0.3, 0.4) is 0 Å². The van der Waals surface area contributed by atoms with Gasteiger partial charge in [-0.1, -0.05) is 17.7 Å². The van der Waals surface area contributed by atoms with Gasteiger partial charge in [-0.3, -0.25) is 9.36 Å². The average molecular weight is 496 g/mol. The molecule has 1 aliphatic heterocycles. The number of carbonyl (C=O) groups is 1. The van der Waals surface area contributed by atoms with Gasteiger partial charge in [0.05, 0.1) is 18.2 Å². The molecule has 6 nitrogen and oxygen atoms in total. The molecule has 0 saturated carbocycles. The summed E-state index contributed by atoms with van der Waals surface area (Å²) < 4.78 is 75.9. The first-order valence-electron chi connectivity index (χ1n) is 9.77. The number of ether oxygens (including phenoxy) is 2. The van der Waals surface area contributed by atoms with Gasteiger partial charge in [-0.2, -0.15) is 22.0 Å². The largest absolute Gasteiger partial charge is 0.491 e. The van der Waals surface area contributed by atoms with E-state index in [-0.39, 0.29) is 27.5 Å². The minimum atomic E-state index is -4.57. The second-order valence-electron chi connectivity index (χ2n) is 7.65. The first kappa shape index (κ1) is 25.0. The van der Waals surface area contributed by atoms with Gasteiger partial charge in [0.15, 0.2) is 0 Å². The van der Waals surface area contributed by atoms with E-state index in [2.05, 4.69) is 4.74 Å². The molecule has 3 rings (SSSR count). The van der Waals surface area contributed by atoms with Gasteiger partial charge in [0.25, 0.3) is 5.56 Å². The summed E-state index contributed by atoms with van der Waals surface area (Å²) in [6.07, 6.45) is -5.72. The molecule has 0 fully saturated rings. The number of alkyl halides is 5. The Bertz CT molecular complexity index is 1090. The maximum atomic E-state index is 13.5. The molecule has 0 spiro atoms. The van der Waals surface area contributed by atoms with Crippen LogP contribution in [0.15, 0.2) is 35.3 Å². The number of benzene rings is 1. The molecule has 1 aromatic carbocycles. The van der Waals surface area contributed by atoms with Crippen LogP contribution in [0.5, 0.6) is 5.75 Å². The van der Waals surface area contributed by atoms with Crippen molar-refractivity contribution in [2.45, 2.75) is 44.7 Å². The lowest BCUT2D eigenvalue weighted by Crippen LogP contribution is -2.34. The van der Waals surface area contributed by atoms with Crippen molar-refractivity contribution < 1.29 is 41.3 Å². The van der Waals surface area contributed by atoms with Gasteiger partial charge in [0.2, 0.25) is 0 Å². The summed E-state index contributed by atoms with van der Waals surface area (Å²) in [7, 11) is 0. The SMILES string of the molecule is C[C@@H](CC(C(=O)O)n1cc2c(cc1=O)-c1cc(Cl)ccc1C[C@@H](C(F)(F)F)CO2)OC(F)F. The van der Waals surface area contributed by atoms with Crippen molar-refractivity contribution in [2.24, 2.45) is 5.92 Å². The van der Waals surface area contributed by atoms with Crippen LogP contribution in [0.25, 0.3) is 11.1 Å². The molecule has 0 amide bonds. The summed E-state index contributed by atoms with van der Waals surface area (Å²) >= 11 is 6.03. The Hall–Kier alpha value is -2.66. The first-order valence-corrected chi connectivity index (χ1v) is 10.2. The van der Waals surface area contributed by atoms with Gasteiger partial charge in [0.1, 0.15) is 18.4 Å². The third-order valence-electron chi connectivity index (χ3n) is 5.29. The van der Waals surface area contributed by atoms with Crippen LogP contribution in [0.2, 0.25) is 5.02 Å². The van der Waals surface area contributed by atoms with E-state index in [4.69, 9.17) is 16.3 Å². The molecule has 2 heterocycles. The number of hydrogen-bond acceptors (Lipinski definition) is 4. The summed E-state index contributed by atoms with van der Waals surface area (Å²) in [5, 5.41) is 9.79. The number of carboxylic acid groups (broad SMARTS) is 1. The Kier molecular flexibility index (Phi) is 7.32. The number of aliphatic carboxylic acids is 1. The highest BCUT2D eigenvalue weighted by Crippen LogP contribution is 2.40. The van der Waals surface area contributed by atoms with Crippen molar-refractivity contribution in [3.05, 3.63) is 51.4 Å². The van der Waals surface area contributed by atoms with Crippen molar-refractivity contribution in [1.29, 1.82) is 0 Å². The van der Waals surface area contributed by atoms with Crippen LogP contribution in [0.4, 0.5) is 22.0 Å². The highest BCUT2D eigenvalue weighted by Gasteiger charge is 2.41. The number of halogens is 6. The van der Waals surface area contributed by atoms with Crippen LogP contribution in [-0.2, 0) is 16.0 Å². The molecule has 0 bridgehead atoms. The van der Waals surface area contributed by atoms with Gasteiger partial charge in [-0.05, 0) is 36.6 Å². The smallest absolute Gasteiger partial charge is 0.395 e. The van der Waals surface area contributed by atoms with E-state index >= 15 is 0 Å². The Labute approximate surface area is 189 Å². The molecule has 180 valence electrons. The number of carboxylic acids is 1. The standard InChI is InChI=1S/C21H19ClF5NO5/c1-10(33-20(23)24)4-16(19(30)31)28-8-17-15(7-18(28)29)14-6-13(22)3-2-11(14)5-12(9-32-17)21(25,26)27/h2-3,6-8,10,12,16,20H,4-5,9H2,1H3,(H,30,31)/t10-,12+,16?/m0/s1. The molecule has 3 atom stereocenters. The fourth-order valence-corrected chi connectivity index (χ4v) is 3.85. The first-order chi connectivity index (χ1) is 15.4. The highest BCUT2D eigenvalue weighted by atomic mass is 35.5. The Morgan fingerprint density at radius 3 is 2.61 bits per heavy atom. The second kappa shape index (κ2) is 9.68. The number of fused-ring (bicyclic) bond motifs is 3. The molecule has 1 N–H and O–H groups in total. The number of rotatable bonds is 6. The molecule has 2 aromatic rings. The lowest BCUT2D eigenvalue weighted by atomic mass is 9.91. The number of pyridine rings is 1. The quantitative estimate of drug-likeness (QED) is 0.575. The lowest BCUT2D eigenvalue weighted by Gasteiger charge is -2.27. The zero-order chi connectivity index (χ0) is 24.5. The predicted molar refractivity (Wildman–Crippen MR) is 108 cm³/mol. The number of nitrogens with zero attached hydrogens (tertiary/aromatic N) is 1. The maximum Gasteiger partial charge on any atom is 0.395 e. The molecule has 1 unspecified atom stereocenters. The van der Waals surface area contributed by atoms with Crippen LogP contribution in [0, 0.1) is 5.92 Å². The Morgan fingerprint density at radius 2 is 2.00 bits per heavy atom. The van der Waals surface area contributed by atoms with E-state index in [0.717, 1.165) is 16.8 Å². The molecular weight excluding hydrogens is 477 g/mol. The zero-order valence-electron chi connectivity index (χ0n) is 17.1. The summed E-state index contributed by atoms with van der Waals surface area (Å²) in [6.45, 7) is -2.70. The third kappa shape index (κ3) is 5.83. The van der Waals surface area contributed by atoms with Crippen molar-refractivity contribution in [3.63, 3.8) is 0 Å². The average Bonchev–Trinajstić information content (AvgIpc) is 2.68. The van der Waals surface area contributed by atoms with Crippen LogP contribution < -0.4 is 10.3 Å². The zero-order valence-corrected chi connectivity index (χ0v) is 17.9. The number of aromatic nitrogens is 1. The van der Waals surface area contributed by atoms with Gasteiger partial charge in [-0.25, -0.2) is 4.79 Å². The van der Waals surface area contributed by atoms with Crippen molar-refractivity contribution in [1.82, 2.24) is 4.57 Å². The van der Waals surface area contributed by atoms with E-state index in [1.54, 1.807) is 0 Å². The summed E-state index contributed by atoms with van der Waals surface area (Å²) in [5.41, 5.74) is -0.127. The van der Waals surface area contributed by atoms with Gasteiger partial charge >= 0.3 is 18.8 Å². The van der Waals surface area contributed by atoms with E-state index in [9.17, 15) is 36.6 Å². The summed E-state index contributed by atoms with van der Waals surface area (Å²) in [6, 6.07) is 3.67.